The molecule has 2 atom stereocenters. The first-order valence-electron chi connectivity index (χ1n) is 9.63. The van der Waals surface area contributed by atoms with Crippen LogP contribution in [0.1, 0.15) is 26.3 Å². The lowest BCUT2D eigenvalue weighted by atomic mass is 10.0. The molecule has 0 spiro atoms. The highest BCUT2D eigenvalue weighted by Crippen LogP contribution is 2.39. The van der Waals surface area contributed by atoms with Crippen molar-refractivity contribution in [2.24, 2.45) is 4.99 Å². The summed E-state index contributed by atoms with van der Waals surface area (Å²) in [4.78, 5) is 7.05. The number of para-hydroxylation sites is 2. The van der Waals surface area contributed by atoms with Crippen molar-refractivity contribution >= 4 is 17.1 Å². The molecule has 0 saturated heterocycles. The van der Waals surface area contributed by atoms with E-state index in [1.165, 1.54) is 0 Å². The maximum Gasteiger partial charge on any atom is 0.160 e. The van der Waals surface area contributed by atoms with Gasteiger partial charge in [0.1, 0.15) is 24.1 Å². The molecule has 1 heterocycles. The van der Waals surface area contributed by atoms with E-state index in [4.69, 9.17) is 9.73 Å². The van der Waals surface area contributed by atoms with E-state index in [1.807, 2.05) is 55.5 Å². The molecule has 0 radical (unpaired) electrons. The monoisotopic (exact) mass is 367 g/mol. The first-order valence-corrected chi connectivity index (χ1v) is 9.63. The summed E-state index contributed by atoms with van der Waals surface area (Å²) < 4.78 is 4.85. The van der Waals surface area contributed by atoms with Crippen molar-refractivity contribution in [2.45, 2.75) is 33.4 Å². The van der Waals surface area contributed by atoms with Gasteiger partial charge in [-0.25, -0.2) is 4.99 Å². The smallest absolute Gasteiger partial charge is 0.160 e. The van der Waals surface area contributed by atoms with Gasteiger partial charge in [0.25, 0.3) is 0 Å². The number of aliphatic imine (C=N–C) groups is 1. The Labute approximate surface area is 162 Å². The number of rotatable bonds is 7. The van der Waals surface area contributed by atoms with E-state index in [1.54, 1.807) is 7.11 Å². The van der Waals surface area contributed by atoms with Crippen LogP contribution in [0.15, 0.2) is 53.5 Å². The van der Waals surface area contributed by atoms with Crippen LogP contribution in [0.5, 0.6) is 5.75 Å². The molecule has 2 aromatic carbocycles. The van der Waals surface area contributed by atoms with Crippen LogP contribution in [0.4, 0.5) is 11.4 Å². The van der Waals surface area contributed by atoms with Gasteiger partial charge in [-0.15, -0.1) is 0 Å². The van der Waals surface area contributed by atoms with E-state index in [0.717, 1.165) is 41.5 Å². The molecule has 2 aromatic rings. The summed E-state index contributed by atoms with van der Waals surface area (Å²) in [7, 11) is 1.66. The Hall–Kier alpha value is -2.21. The number of hydrogen-bond donors (Lipinski definition) is 0. The standard InChI is InChI=1S/C22H29N3O2/c1-5-24(6-2)17(3)25(26)16-19(23-21-9-7-8-10-22(21)25)15-18-11-13-20(27-4)14-12-18/h7-14,17H,5-6,15-16H2,1-4H3. The topological polar surface area (TPSA) is 47.9 Å². The molecule has 0 amide bonds. The van der Waals surface area contributed by atoms with E-state index < -0.39 is 0 Å². The lowest BCUT2D eigenvalue weighted by Crippen LogP contribution is -2.61. The van der Waals surface area contributed by atoms with Crippen molar-refractivity contribution in [3.8, 4) is 5.75 Å². The van der Waals surface area contributed by atoms with Gasteiger partial charge in [0.05, 0.1) is 12.8 Å². The van der Waals surface area contributed by atoms with Crippen LogP contribution in [0.3, 0.4) is 0 Å². The molecule has 3 rings (SSSR count). The number of ether oxygens (including phenoxy) is 1. The number of nitrogens with zero attached hydrogens (tertiary/aromatic N) is 3. The van der Waals surface area contributed by atoms with Crippen molar-refractivity contribution in [1.82, 2.24) is 9.55 Å². The molecular formula is C22H29N3O2. The largest absolute Gasteiger partial charge is 0.626 e. The molecule has 2 unspecified atom stereocenters. The molecule has 1 aliphatic heterocycles. The number of fused-ring (bicyclic) bond motifs is 1. The Kier molecular flexibility index (Phi) is 5.95. The molecule has 1 aliphatic rings. The summed E-state index contributed by atoms with van der Waals surface area (Å²) in [6, 6.07) is 15.7. The zero-order chi connectivity index (χ0) is 19.4. The molecule has 0 bridgehead atoms. The second kappa shape index (κ2) is 8.21. The van der Waals surface area contributed by atoms with Crippen LogP contribution in [0.25, 0.3) is 0 Å². The second-order valence-electron chi connectivity index (χ2n) is 7.00. The van der Waals surface area contributed by atoms with Gasteiger partial charge in [-0.2, -0.15) is 0 Å². The summed E-state index contributed by atoms with van der Waals surface area (Å²) in [6.45, 7) is 8.33. The van der Waals surface area contributed by atoms with Gasteiger partial charge in [-0.3, -0.25) is 4.90 Å². The predicted octanol–water partition coefficient (Wildman–Crippen LogP) is 4.52. The zero-order valence-corrected chi connectivity index (χ0v) is 16.7. The van der Waals surface area contributed by atoms with Crippen LogP contribution in [0.2, 0.25) is 0 Å². The fourth-order valence-corrected chi connectivity index (χ4v) is 3.86. The zero-order valence-electron chi connectivity index (χ0n) is 16.7. The Balaban J connectivity index is 1.94. The van der Waals surface area contributed by atoms with Crippen molar-refractivity contribution in [1.29, 1.82) is 0 Å². The van der Waals surface area contributed by atoms with Gasteiger partial charge >= 0.3 is 0 Å². The molecule has 0 aromatic heterocycles. The Bertz CT molecular complexity index is 799. The Morgan fingerprint density at radius 3 is 2.41 bits per heavy atom. The molecule has 0 aliphatic carbocycles. The number of methoxy groups -OCH3 is 1. The quantitative estimate of drug-likeness (QED) is 0.534. The summed E-state index contributed by atoms with van der Waals surface area (Å²) in [5.74, 6) is 0.832. The summed E-state index contributed by atoms with van der Waals surface area (Å²) in [5.41, 5.74) is 3.61. The number of hydrogen-bond acceptors (Lipinski definition) is 4. The van der Waals surface area contributed by atoms with Crippen molar-refractivity contribution in [2.75, 3.05) is 26.7 Å². The molecule has 5 heteroatoms. The number of quaternary nitrogens is 1. The van der Waals surface area contributed by atoms with E-state index >= 15 is 0 Å². The highest BCUT2D eigenvalue weighted by Gasteiger charge is 2.37. The number of benzene rings is 2. The first-order chi connectivity index (χ1) is 13.0. The van der Waals surface area contributed by atoms with Gasteiger partial charge in [0, 0.05) is 32.5 Å². The van der Waals surface area contributed by atoms with Gasteiger partial charge in [0.2, 0.25) is 0 Å². The van der Waals surface area contributed by atoms with Crippen molar-refractivity contribution in [3.05, 3.63) is 59.3 Å². The highest BCUT2D eigenvalue weighted by atomic mass is 16.6. The van der Waals surface area contributed by atoms with E-state index in [-0.39, 0.29) is 10.8 Å². The highest BCUT2D eigenvalue weighted by molar-refractivity contribution is 5.96. The minimum absolute atomic E-state index is 0.164. The van der Waals surface area contributed by atoms with E-state index in [0.29, 0.717) is 13.0 Å². The van der Waals surface area contributed by atoms with Gasteiger partial charge in [0.15, 0.2) is 5.69 Å². The molecule has 0 fully saturated rings. The minimum atomic E-state index is -0.382. The van der Waals surface area contributed by atoms with Gasteiger partial charge in [-0.1, -0.05) is 38.1 Å². The average molecular weight is 367 g/mol. The van der Waals surface area contributed by atoms with Gasteiger partial charge in [-0.05, 0) is 23.8 Å². The summed E-state index contributed by atoms with van der Waals surface area (Å²) in [5, 5.41) is 14.1. The maximum atomic E-state index is 14.1. The fourth-order valence-electron chi connectivity index (χ4n) is 3.86. The normalized spacial score (nSPS) is 20.1. The predicted molar refractivity (Wildman–Crippen MR) is 113 cm³/mol. The Morgan fingerprint density at radius 2 is 1.78 bits per heavy atom. The molecule has 5 nitrogen and oxygen atoms in total. The summed E-state index contributed by atoms with van der Waals surface area (Å²) >= 11 is 0. The molecule has 0 saturated carbocycles. The molecule has 0 N–H and O–H groups in total. The number of hydroxylamine groups is 2. The van der Waals surface area contributed by atoms with Crippen LogP contribution < -0.4 is 9.38 Å². The minimum Gasteiger partial charge on any atom is -0.626 e. The third-order valence-electron chi connectivity index (χ3n) is 5.50. The van der Waals surface area contributed by atoms with Crippen molar-refractivity contribution < 1.29 is 4.74 Å². The van der Waals surface area contributed by atoms with Crippen molar-refractivity contribution in [3.63, 3.8) is 0 Å². The second-order valence-corrected chi connectivity index (χ2v) is 7.00. The first kappa shape index (κ1) is 19.5. The van der Waals surface area contributed by atoms with Crippen LogP contribution in [0, 0.1) is 5.21 Å². The Morgan fingerprint density at radius 1 is 1.11 bits per heavy atom. The van der Waals surface area contributed by atoms with E-state index in [2.05, 4.69) is 18.7 Å². The van der Waals surface area contributed by atoms with Crippen LogP contribution >= 0.6 is 0 Å². The third-order valence-corrected chi connectivity index (χ3v) is 5.50. The van der Waals surface area contributed by atoms with Crippen LogP contribution in [-0.2, 0) is 6.42 Å². The van der Waals surface area contributed by atoms with E-state index in [9.17, 15) is 5.21 Å². The van der Waals surface area contributed by atoms with Gasteiger partial charge < -0.3 is 14.6 Å². The fraction of sp³-hybridized carbons (Fsp3) is 0.409. The molecular weight excluding hydrogens is 338 g/mol. The third kappa shape index (κ3) is 3.90. The maximum absolute atomic E-state index is 14.1. The molecule has 27 heavy (non-hydrogen) atoms. The molecule has 144 valence electrons. The lowest BCUT2D eigenvalue weighted by Gasteiger charge is -2.51. The van der Waals surface area contributed by atoms with Crippen LogP contribution in [-0.4, -0.2) is 43.5 Å². The SMILES string of the molecule is CCN(CC)C(C)[N+]1([O-])CC(Cc2ccc(OC)cc2)=Nc2ccccc21. The lowest BCUT2D eigenvalue weighted by molar-refractivity contribution is 0.114. The summed E-state index contributed by atoms with van der Waals surface area (Å²) in [6.07, 6.45) is 0.508. The average Bonchev–Trinajstić information content (AvgIpc) is 2.69.